The molecule has 1 aliphatic rings. The maximum Gasteiger partial charge on any atom is 0.341 e. The van der Waals surface area contributed by atoms with Crippen molar-refractivity contribution < 1.29 is 18.8 Å². The van der Waals surface area contributed by atoms with Crippen LogP contribution in [-0.4, -0.2) is 24.1 Å². The summed E-state index contributed by atoms with van der Waals surface area (Å²) in [5.74, 6) is -0.585. The van der Waals surface area contributed by atoms with E-state index in [1.807, 2.05) is 0 Å². The molecule has 31 heavy (non-hydrogen) atoms. The first-order valence-corrected chi connectivity index (χ1v) is 11.4. The van der Waals surface area contributed by atoms with E-state index < -0.39 is 11.9 Å². The van der Waals surface area contributed by atoms with Gasteiger partial charge in [0, 0.05) is 10.4 Å². The van der Waals surface area contributed by atoms with Gasteiger partial charge in [-0.25, -0.2) is 4.79 Å². The van der Waals surface area contributed by atoms with E-state index in [0.717, 1.165) is 42.5 Å². The van der Waals surface area contributed by atoms with E-state index in [9.17, 15) is 9.59 Å². The van der Waals surface area contributed by atoms with Gasteiger partial charge < -0.3 is 14.6 Å². The lowest BCUT2D eigenvalue weighted by atomic mass is 10.0. The van der Waals surface area contributed by atoms with Crippen LogP contribution in [-0.2, 0) is 17.6 Å². The third kappa shape index (κ3) is 4.10. The van der Waals surface area contributed by atoms with E-state index in [0.29, 0.717) is 31.9 Å². The summed E-state index contributed by atoms with van der Waals surface area (Å²) in [7, 11) is 1.34. The van der Waals surface area contributed by atoms with Crippen molar-refractivity contribution in [1.82, 2.24) is 5.16 Å². The summed E-state index contributed by atoms with van der Waals surface area (Å²) in [5.41, 5.74) is 2.30. The molecular weight excluding hydrogens is 459 g/mol. The Morgan fingerprint density at radius 1 is 1.13 bits per heavy atom. The van der Waals surface area contributed by atoms with Crippen LogP contribution < -0.4 is 5.32 Å². The number of thiophene rings is 1. The van der Waals surface area contributed by atoms with Crippen LogP contribution in [0.3, 0.4) is 0 Å². The minimum absolute atomic E-state index is 0.217. The second kappa shape index (κ2) is 9.02. The number of fused-ring (bicyclic) bond motifs is 1. The van der Waals surface area contributed by atoms with Gasteiger partial charge >= 0.3 is 5.97 Å². The Morgan fingerprint density at radius 2 is 1.84 bits per heavy atom. The van der Waals surface area contributed by atoms with Crippen molar-refractivity contribution in [2.75, 3.05) is 12.4 Å². The lowest BCUT2D eigenvalue weighted by Gasteiger charge is -2.09. The lowest BCUT2D eigenvalue weighted by Crippen LogP contribution is -2.16. The first-order valence-electron chi connectivity index (χ1n) is 9.87. The summed E-state index contributed by atoms with van der Waals surface area (Å²) >= 11 is 14.1. The van der Waals surface area contributed by atoms with Gasteiger partial charge in [0.2, 0.25) is 0 Å². The molecule has 1 amide bonds. The molecule has 1 aromatic carbocycles. The predicted molar refractivity (Wildman–Crippen MR) is 122 cm³/mol. The van der Waals surface area contributed by atoms with Crippen LogP contribution in [0.4, 0.5) is 5.00 Å². The summed E-state index contributed by atoms with van der Waals surface area (Å²) in [6, 6.07) is 5.04. The van der Waals surface area contributed by atoms with Crippen molar-refractivity contribution in [3.63, 3.8) is 0 Å². The highest BCUT2D eigenvalue weighted by molar-refractivity contribution is 7.17. The molecule has 0 spiro atoms. The molecule has 0 unspecified atom stereocenters. The number of halogens is 2. The lowest BCUT2D eigenvalue weighted by molar-refractivity contribution is 0.0601. The van der Waals surface area contributed by atoms with Crippen LogP contribution in [0.25, 0.3) is 11.3 Å². The summed E-state index contributed by atoms with van der Waals surface area (Å²) < 4.78 is 10.3. The number of carbonyl (C=O) groups is 2. The number of esters is 1. The average molecular weight is 479 g/mol. The number of aromatic nitrogens is 1. The molecule has 1 aliphatic carbocycles. The predicted octanol–water partition coefficient (Wildman–Crippen LogP) is 6.33. The Hall–Kier alpha value is -2.35. The molecule has 162 valence electrons. The Kier molecular flexibility index (Phi) is 6.36. The van der Waals surface area contributed by atoms with Crippen molar-refractivity contribution >= 4 is 51.4 Å². The maximum atomic E-state index is 13.3. The topological polar surface area (TPSA) is 81.4 Å². The fourth-order valence-corrected chi connectivity index (χ4v) is 5.70. The van der Waals surface area contributed by atoms with Gasteiger partial charge in [-0.3, -0.25) is 4.79 Å². The summed E-state index contributed by atoms with van der Waals surface area (Å²) in [5, 5.41) is 8.10. The van der Waals surface area contributed by atoms with Crippen molar-refractivity contribution in [2.45, 2.75) is 39.0 Å². The molecule has 0 atom stereocenters. The van der Waals surface area contributed by atoms with E-state index >= 15 is 0 Å². The van der Waals surface area contributed by atoms with Gasteiger partial charge in [-0.15, -0.1) is 11.3 Å². The second-order valence-electron chi connectivity index (χ2n) is 7.27. The highest BCUT2D eigenvalue weighted by Crippen LogP contribution is 2.40. The number of anilines is 1. The van der Waals surface area contributed by atoms with E-state index in [4.69, 9.17) is 32.5 Å². The minimum atomic E-state index is -0.453. The number of hydrogen-bond acceptors (Lipinski definition) is 6. The van der Waals surface area contributed by atoms with Crippen molar-refractivity contribution in [2.24, 2.45) is 0 Å². The molecule has 1 N–H and O–H groups in total. The van der Waals surface area contributed by atoms with Crippen LogP contribution in [0.2, 0.25) is 10.0 Å². The van der Waals surface area contributed by atoms with Gasteiger partial charge in [-0.2, -0.15) is 0 Å². The number of benzene rings is 1. The first kappa shape index (κ1) is 21.9. The molecule has 0 bridgehead atoms. The zero-order valence-corrected chi connectivity index (χ0v) is 19.3. The molecule has 9 heteroatoms. The number of nitrogens with zero attached hydrogens (tertiary/aromatic N) is 1. The third-order valence-corrected chi connectivity index (χ3v) is 7.16. The highest BCUT2D eigenvalue weighted by Gasteiger charge is 2.29. The number of methoxy groups -OCH3 is 1. The quantitative estimate of drug-likeness (QED) is 0.350. The molecule has 0 saturated carbocycles. The zero-order valence-electron chi connectivity index (χ0n) is 17.0. The second-order valence-corrected chi connectivity index (χ2v) is 9.19. The number of rotatable bonds is 4. The number of carbonyl (C=O) groups excluding carboxylic acids is 2. The number of hydrogen-bond donors (Lipinski definition) is 1. The zero-order chi connectivity index (χ0) is 22.1. The van der Waals surface area contributed by atoms with Gasteiger partial charge in [0.05, 0.1) is 22.7 Å². The van der Waals surface area contributed by atoms with Crippen molar-refractivity contribution in [3.8, 4) is 11.3 Å². The number of aryl methyl sites for hydroxylation is 2. The molecule has 2 aromatic heterocycles. The van der Waals surface area contributed by atoms with Crippen LogP contribution in [0, 0.1) is 6.92 Å². The fraction of sp³-hybridized carbons (Fsp3) is 0.318. The third-order valence-electron chi connectivity index (χ3n) is 5.33. The molecular formula is C22H20Cl2N2O4S. The smallest absolute Gasteiger partial charge is 0.341 e. The molecule has 0 fully saturated rings. The standard InChI is InChI=1S/C22H20Cl2N2O4S/c1-11-16(19(26-30-11)18-13(23)8-6-9-14(18)24)20(27)25-21-17(22(28)29-2)12-7-4-3-5-10-15(12)31-21/h6,8-9H,3-5,7,10H2,1-2H3,(H,25,27). The van der Waals surface area contributed by atoms with Crippen LogP contribution in [0.15, 0.2) is 22.7 Å². The Bertz CT molecular complexity index is 1150. The Balaban J connectivity index is 1.75. The normalized spacial score (nSPS) is 13.4. The van der Waals surface area contributed by atoms with E-state index in [1.165, 1.54) is 18.4 Å². The van der Waals surface area contributed by atoms with Crippen molar-refractivity contribution in [3.05, 3.63) is 55.6 Å². The summed E-state index contributed by atoms with van der Waals surface area (Å²) in [4.78, 5) is 27.0. The molecule has 2 heterocycles. The van der Waals surface area contributed by atoms with Crippen molar-refractivity contribution in [1.29, 1.82) is 0 Å². The van der Waals surface area contributed by atoms with Gasteiger partial charge in [0.15, 0.2) is 0 Å². The highest BCUT2D eigenvalue weighted by atomic mass is 35.5. The van der Waals surface area contributed by atoms with Gasteiger partial charge in [0.1, 0.15) is 22.0 Å². The van der Waals surface area contributed by atoms with E-state index in [2.05, 4.69) is 10.5 Å². The first-order chi connectivity index (χ1) is 14.9. The monoisotopic (exact) mass is 478 g/mol. The van der Waals surface area contributed by atoms with Crippen LogP contribution >= 0.6 is 34.5 Å². The number of nitrogens with one attached hydrogen (secondary N) is 1. The molecule has 0 saturated heterocycles. The number of ether oxygens (including phenoxy) is 1. The van der Waals surface area contributed by atoms with E-state index in [-0.39, 0.29) is 11.3 Å². The molecule has 6 nitrogen and oxygen atoms in total. The number of amides is 1. The largest absolute Gasteiger partial charge is 0.465 e. The molecule has 0 radical (unpaired) electrons. The Labute approximate surface area is 193 Å². The van der Waals surface area contributed by atoms with Crippen LogP contribution in [0.5, 0.6) is 0 Å². The Morgan fingerprint density at radius 3 is 2.55 bits per heavy atom. The van der Waals surface area contributed by atoms with Crippen LogP contribution in [0.1, 0.15) is 56.2 Å². The van der Waals surface area contributed by atoms with Gasteiger partial charge in [-0.05, 0) is 50.3 Å². The summed E-state index contributed by atoms with van der Waals surface area (Å²) in [6.45, 7) is 1.64. The minimum Gasteiger partial charge on any atom is -0.465 e. The maximum absolute atomic E-state index is 13.3. The average Bonchev–Trinajstić information content (AvgIpc) is 3.18. The van der Waals surface area contributed by atoms with Gasteiger partial charge in [0.25, 0.3) is 5.91 Å². The summed E-state index contributed by atoms with van der Waals surface area (Å²) in [6.07, 6.45) is 4.85. The molecule has 3 aromatic rings. The van der Waals surface area contributed by atoms with Gasteiger partial charge in [-0.1, -0.05) is 40.8 Å². The fourth-order valence-electron chi connectivity index (χ4n) is 3.85. The van der Waals surface area contributed by atoms with E-state index in [1.54, 1.807) is 25.1 Å². The molecule has 4 rings (SSSR count). The molecule has 0 aliphatic heterocycles. The SMILES string of the molecule is COC(=O)c1c(NC(=O)c2c(-c3c(Cl)cccc3Cl)noc2C)sc2c1CCCCC2.